The smallest absolute Gasteiger partial charge is 0.328 e. The number of aliphatic carboxylic acids is 1. The molecule has 2 aromatic carbocycles. The van der Waals surface area contributed by atoms with Crippen molar-refractivity contribution in [3.05, 3.63) is 78.4 Å². The summed E-state index contributed by atoms with van der Waals surface area (Å²) in [4.78, 5) is 10.6. The van der Waals surface area contributed by atoms with Crippen LogP contribution in [0.3, 0.4) is 0 Å². The molecule has 0 unspecified atom stereocenters. The fourth-order valence-corrected chi connectivity index (χ4v) is 1.59. The van der Waals surface area contributed by atoms with Gasteiger partial charge in [0.15, 0.2) is 0 Å². The Kier molecular flexibility index (Phi) is 4.67. The Labute approximate surface area is 117 Å². The lowest BCUT2D eigenvalue weighted by atomic mass is 10.1. The summed E-state index contributed by atoms with van der Waals surface area (Å²) >= 11 is 0. The number of benzene rings is 2. The van der Waals surface area contributed by atoms with Gasteiger partial charge in [0.05, 0.1) is 11.4 Å². The molecule has 20 heavy (non-hydrogen) atoms. The highest BCUT2D eigenvalue weighted by Gasteiger charge is 2.00. The predicted octanol–water partition coefficient (Wildman–Crippen LogP) is 3.14. The number of nitrogens with one attached hydrogen (secondary N) is 1. The molecule has 0 heterocycles. The first-order chi connectivity index (χ1) is 9.75. The van der Waals surface area contributed by atoms with Crippen LogP contribution in [0.15, 0.2) is 77.9 Å². The number of hydrogen-bond donors (Lipinski definition) is 2. The van der Waals surface area contributed by atoms with Crippen molar-refractivity contribution in [2.45, 2.75) is 0 Å². The van der Waals surface area contributed by atoms with Crippen molar-refractivity contribution in [1.82, 2.24) is 0 Å². The maximum absolute atomic E-state index is 10.6. The van der Waals surface area contributed by atoms with Crippen molar-refractivity contribution in [3.63, 3.8) is 0 Å². The Balaban J connectivity index is 2.25. The van der Waals surface area contributed by atoms with Gasteiger partial charge in [-0.3, -0.25) is 5.43 Å². The van der Waals surface area contributed by atoms with Gasteiger partial charge in [-0.2, -0.15) is 5.10 Å². The Hall–Kier alpha value is -2.88. The molecule has 0 amide bonds. The van der Waals surface area contributed by atoms with E-state index in [4.69, 9.17) is 5.11 Å². The number of rotatable bonds is 5. The summed E-state index contributed by atoms with van der Waals surface area (Å²) in [6.45, 7) is 0. The molecule has 0 atom stereocenters. The molecule has 0 aliphatic rings. The quantitative estimate of drug-likeness (QED) is 0.496. The third kappa shape index (κ3) is 4.10. The topological polar surface area (TPSA) is 61.7 Å². The molecule has 0 aromatic heterocycles. The third-order valence-corrected chi connectivity index (χ3v) is 2.53. The highest BCUT2D eigenvalue weighted by molar-refractivity contribution is 6.10. The summed E-state index contributed by atoms with van der Waals surface area (Å²) < 4.78 is 0. The van der Waals surface area contributed by atoms with Crippen molar-refractivity contribution in [2.75, 3.05) is 5.43 Å². The van der Waals surface area contributed by atoms with Gasteiger partial charge in [0.1, 0.15) is 0 Å². The zero-order valence-corrected chi connectivity index (χ0v) is 10.7. The SMILES string of the molecule is O=C(O)/C=C/C(=NNc1ccccc1)c1ccccc1. The van der Waals surface area contributed by atoms with E-state index >= 15 is 0 Å². The first-order valence-electron chi connectivity index (χ1n) is 6.11. The Morgan fingerprint density at radius 3 is 2.15 bits per heavy atom. The molecule has 0 radical (unpaired) electrons. The maximum atomic E-state index is 10.6. The van der Waals surface area contributed by atoms with Crippen LogP contribution >= 0.6 is 0 Å². The summed E-state index contributed by atoms with van der Waals surface area (Å²) in [6, 6.07) is 18.9. The summed E-state index contributed by atoms with van der Waals surface area (Å²) in [5.41, 5.74) is 5.14. The molecule has 2 N–H and O–H groups in total. The fourth-order valence-electron chi connectivity index (χ4n) is 1.59. The van der Waals surface area contributed by atoms with Gasteiger partial charge < -0.3 is 5.11 Å². The highest BCUT2D eigenvalue weighted by atomic mass is 16.4. The largest absolute Gasteiger partial charge is 0.478 e. The van der Waals surface area contributed by atoms with E-state index in [1.54, 1.807) is 0 Å². The number of carboxylic acids is 1. The minimum atomic E-state index is -1.01. The van der Waals surface area contributed by atoms with Crippen molar-refractivity contribution in [3.8, 4) is 0 Å². The molecule has 100 valence electrons. The minimum Gasteiger partial charge on any atom is -0.478 e. The lowest BCUT2D eigenvalue weighted by Crippen LogP contribution is -2.02. The van der Waals surface area contributed by atoms with Crippen LogP contribution in [0.5, 0.6) is 0 Å². The Bertz CT molecular complexity index is 619. The van der Waals surface area contributed by atoms with Crippen molar-refractivity contribution in [1.29, 1.82) is 0 Å². The van der Waals surface area contributed by atoms with Crippen LogP contribution in [0.2, 0.25) is 0 Å². The van der Waals surface area contributed by atoms with Gasteiger partial charge in [-0.25, -0.2) is 4.79 Å². The Morgan fingerprint density at radius 2 is 1.55 bits per heavy atom. The second kappa shape index (κ2) is 6.89. The summed E-state index contributed by atoms with van der Waals surface area (Å²) in [6.07, 6.45) is 2.53. The number of nitrogens with zero attached hydrogens (tertiary/aromatic N) is 1. The van der Waals surface area contributed by atoms with Gasteiger partial charge in [0, 0.05) is 11.6 Å². The van der Waals surface area contributed by atoms with E-state index in [1.807, 2.05) is 60.7 Å². The average Bonchev–Trinajstić information content (AvgIpc) is 2.49. The lowest BCUT2D eigenvalue weighted by molar-refractivity contribution is -0.131. The molecule has 2 aromatic rings. The minimum absolute atomic E-state index is 0.553. The second-order valence-electron chi connectivity index (χ2n) is 4.01. The van der Waals surface area contributed by atoms with Crippen LogP contribution in [0.1, 0.15) is 5.56 Å². The molecule has 0 fully saturated rings. The van der Waals surface area contributed by atoms with E-state index in [0.29, 0.717) is 5.71 Å². The van der Waals surface area contributed by atoms with E-state index < -0.39 is 5.97 Å². The predicted molar refractivity (Wildman–Crippen MR) is 79.8 cm³/mol. The van der Waals surface area contributed by atoms with E-state index in [1.165, 1.54) is 6.08 Å². The van der Waals surface area contributed by atoms with Crippen LogP contribution < -0.4 is 5.43 Å². The number of hydrazone groups is 1. The molecule has 0 saturated carbocycles. The molecule has 4 nitrogen and oxygen atoms in total. The zero-order chi connectivity index (χ0) is 14.2. The zero-order valence-electron chi connectivity index (χ0n) is 10.7. The molecule has 4 heteroatoms. The van der Waals surface area contributed by atoms with Gasteiger partial charge in [-0.15, -0.1) is 0 Å². The first kappa shape index (κ1) is 13.5. The van der Waals surface area contributed by atoms with Gasteiger partial charge in [-0.05, 0) is 18.2 Å². The number of hydrogen-bond acceptors (Lipinski definition) is 3. The standard InChI is InChI=1S/C16H14N2O2/c19-16(20)12-11-15(13-7-3-1-4-8-13)18-17-14-9-5-2-6-10-14/h1-12,17H,(H,19,20)/b12-11+,18-15?. The summed E-state index contributed by atoms with van der Waals surface area (Å²) in [7, 11) is 0. The van der Waals surface area contributed by atoms with Crippen molar-refractivity contribution < 1.29 is 9.90 Å². The van der Waals surface area contributed by atoms with Crippen molar-refractivity contribution >= 4 is 17.4 Å². The van der Waals surface area contributed by atoms with Gasteiger partial charge in [0.25, 0.3) is 0 Å². The molecule has 0 spiro atoms. The van der Waals surface area contributed by atoms with Crippen LogP contribution in [0.4, 0.5) is 5.69 Å². The van der Waals surface area contributed by atoms with E-state index in [9.17, 15) is 4.79 Å². The molecule has 2 rings (SSSR count). The number of allylic oxidation sites excluding steroid dienone is 1. The van der Waals surface area contributed by atoms with E-state index in [2.05, 4.69) is 10.5 Å². The summed E-state index contributed by atoms with van der Waals surface area (Å²) in [5.74, 6) is -1.01. The molecule has 0 aliphatic carbocycles. The first-order valence-corrected chi connectivity index (χ1v) is 6.11. The average molecular weight is 266 g/mol. The van der Waals surface area contributed by atoms with Crippen LogP contribution in [-0.2, 0) is 4.79 Å². The monoisotopic (exact) mass is 266 g/mol. The second-order valence-corrected chi connectivity index (χ2v) is 4.01. The van der Waals surface area contributed by atoms with Crippen molar-refractivity contribution in [2.24, 2.45) is 5.10 Å². The van der Waals surface area contributed by atoms with E-state index in [0.717, 1.165) is 17.3 Å². The summed E-state index contributed by atoms with van der Waals surface area (Å²) in [5, 5.41) is 13.0. The normalized spacial score (nSPS) is 11.5. The molecular weight excluding hydrogens is 252 g/mol. The number of carboxylic acid groups (broad SMARTS) is 1. The van der Waals surface area contributed by atoms with Gasteiger partial charge in [-0.1, -0.05) is 48.5 Å². The number of carbonyl (C=O) groups is 1. The lowest BCUT2D eigenvalue weighted by Gasteiger charge is -2.04. The van der Waals surface area contributed by atoms with Gasteiger partial charge in [0.2, 0.25) is 0 Å². The fraction of sp³-hybridized carbons (Fsp3) is 0. The molecule has 0 aliphatic heterocycles. The van der Waals surface area contributed by atoms with Crippen LogP contribution in [0, 0.1) is 0 Å². The third-order valence-electron chi connectivity index (χ3n) is 2.53. The van der Waals surface area contributed by atoms with Crippen LogP contribution in [0.25, 0.3) is 0 Å². The molecule has 0 bridgehead atoms. The number of anilines is 1. The maximum Gasteiger partial charge on any atom is 0.328 e. The molecule has 0 saturated heterocycles. The van der Waals surface area contributed by atoms with Gasteiger partial charge >= 0.3 is 5.97 Å². The van der Waals surface area contributed by atoms with E-state index in [-0.39, 0.29) is 0 Å². The van der Waals surface area contributed by atoms with Crippen LogP contribution in [-0.4, -0.2) is 16.8 Å². The highest BCUT2D eigenvalue weighted by Crippen LogP contribution is 2.07. The molecular formula is C16H14N2O2. The number of para-hydroxylation sites is 1. The Morgan fingerprint density at radius 1 is 0.950 bits per heavy atom.